The number of hydrogen-bond acceptors (Lipinski definition) is 8. The van der Waals surface area contributed by atoms with Gasteiger partial charge in [0.2, 0.25) is 0 Å². The van der Waals surface area contributed by atoms with Crippen LogP contribution in [0.25, 0.3) is 11.1 Å². The molecule has 1 aliphatic rings. The fraction of sp³-hybridized carbons (Fsp3) is 0.364. The molecule has 3 atom stereocenters. The molecule has 0 bridgehead atoms. The monoisotopic (exact) mass is 462 g/mol. The predicted octanol–water partition coefficient (Wildman–Crippen LogP) is 1.57. The van der Waals surface area contributed by atoms with Gasteiger partial charge in [-0.15, -0.1) is 0 Å². The molecular formula is C22H26N2O7S. The average molecular weight is 463 g/mol. The van der Waals surface area contributed by atoms with Gasteiger partial charge in [0, 0.05) is 19.1 Å². The number of aliphatic hydroxyl groups is 2. The van der Waals surface area contributed by atoms with E-state index in [2.05, 4.69) is 5.16 Å². The Kier molecular flexibility index (Phi) is 6.99. The third-order valence-corrected chi connectivity index (χ3v) is 7.76. The van der Waals surface area contributed by atoms with Gasteiger partial charge >= 0.3 is 0 Å². The molecule has 0 radical (unpaired) electrons. The van der Waals surface area contributed by atoms with Gasteiger partial charge in [0.15, 0.2) is 14.6 Å². The summed E-state index contributed by atoms with van der Waals surface area (Å²) in [5.74, 6) is -1.01. The van der Waals surface area contributed by atoms with E-state index in [9.17, 15) is 18.3 Å². The van der Waals surface area contributed by atoms with E-state index in [4.69, 9.17) is 15.2 Å². The molecular weight excluding hydrogens is 436 g/mol. The summed E-state index contributed by atoms with van der Waals surface area (Å²) in [4.78, 5) is 17.4. The van der Waals surface area contributed by atoms with Gasteiger partial charge in [-0.3, -0.25) is 10.0 Å². The second kappa shape index (κ2) is 9.37. The summed E-state index contributed by atoms with van der Waals surface area (Å²) in [6.45, 7) is 0.905. The van der Waals surface area contributed by atoms with Crippen LogP contribution in [-0.2, 0) is 19.5 Å². The number of aliphatic hydroxyl groups excluding tert-OH is 2. The van der Waals surface area contributed by atoms with E-state index in [-0.39, 0.29) is 13.0 Å². The van der Waals surface area contributed by atoms with Crippen LogP contribution in [0.2, 0.25) is 0 Å². The third-order valence-electron chi connectivity index (χ3n) is 5.77. The maximum atomic E-state index is 12.1. The summed E-state index contributed by atoms with van der Waals surface area (Å²) in [6, 6.07) is 14.8. The molecule has 9 nitrogen and oxygen atoms in total. The highest BCUT2D eigenvalue weighted by atomic mass is 32.2. The number of oxime groups is 1. The molecule has 32 heavy (non-hydrogen) atoms. The van der Waals surface area contributed by atoms with Gasteiger partial charge in [0.1, 0.15) is 12.2 Å². The summed E-state index contributed by atoms with van der Waals surface area (Å²) < 4.78 is 22.4. The average Bonchev–Trinajstić information content (AvgIpc) is 3.25. The molecule has 4 N–H and O–H groups in total. The minimum atomic E-state index is -3.82. The van der Waals surface area contributed by atoms with Crippen molar-refractivity contribution >= 4 is 21.5 Å². The Bertz CT molecular complexity index is 1100. The molecule has 2 aromatic carbocycles. The summed E-state index contributed by atoms with van der Waals surface area (Å²) in [7, 11) is -3.82. The van der Waals surface area contributed by atoms with E-state index in [1.54, 1.807) is 12.1 Å². The molecule has 0 saturated heterocycles. The van der Waals surface area contributed by atoms with Crippen molar-refractivity contribution in [2.75, 3.05) is 12.9 Å². The number of amides is 1. The van der Waals surface area contributed by atoms with Crippen molar-refractivity contribution in [3.05, 3.63) is 59.7 Å². The quantitative estimate of drug-likeness (QED) is 0.344. The van der Waals surface area contributed by atoms with Gasteiger partial charge in [-0.1, -0.05) is 53.7 Å². The summed E-state index contributed by atoms with van der Waals surface area (Å²) >= 11 is 0. The number of rotatable bonds is 8. The fourth-order valence-electron chi connectivity index (χ4n) is 3.53. The van der Waals surface area contributed by atoms with E-state index in [1.165, 1.54) is 12.4 Å². The minimum Gasteiger partial charge on any atom is -0.393 e. The zero-order valence-corrected chi connectivity index (χ0v) is 18.5. The number of benzene rings is 2. The van der Waals surface area contributed by atoms with Crippen molar-refractivity contribution in [2.24, 2.45) is 5.16 Å². The zero-order chi connectivity index (χ0) is 23.5. The van der Waals surface area contributed by atoms with Crippen LogP contribution in [0.5, 0.6) is 0 Å². The van der Waals surface area contributed by atoms with Crippen LogP contribution in [0.1, 0.15) is 37.0 Å². The SMILES string of the molecule is C[C@@](C[C@H]1CC(c2ccc(-c3ccc([C@@H](O)CO)cc3)cc2)=NO1)(C(=O)NO)S(C)(=O)=O. The normalized spacial score (nSPS) is 18.9. The molecule has 1 heterocycles. The zero-order valence-electron chi connectivity index (χ0n) is 17.7. The summed E-state index contributed by atoms with van der Waals surface area (Å²) in [5, 5.41) is 31.7. The van der Waals surface area contributed by atoms with Gasteiger partial charge in [-0.05, 0) is 29.2 Å². The molecule has 0 unspecified atom stereocenters. The number of carbonyl (C=O) groups is 1. The first-order valence-electron chi connectivity index (χ1n) is 9.95. The Morgan fingerprint density at radius 2 is 1.69 bits per heavy atom. The van der Waals surface area contributed by atoms with Crippen molar-refractivity contribution in [2.45, 2.75) is 36.7 Å². The Morgan fingerprint density at radius 1 is 1.16 bits per heavy atom. The van der Waals surface area contributed by atoms with E-state index in [0.717, 1.165) is 22.9 Å². The Hall–Kier alpha value is -2.79. The molecule has 0 saturated carbocycles. The second-order valence-electron chi connectivity index (χ2n) is 8.02. The summed E-state index contributed by atoms with van der Waals surface area (Å²) in [5.41, 5.74) is 5.37. The molecule has 0 fully saturated rings. The lowest BCUT2D eigenvalue weighted by atomic mass is 9.95. The van der Waals surface area contributed by atoms with Gasteiger partial charge in [-0.25, -0.2) is 13.9 Å². The van der Waals surface area contributed by atoms with E-state index in [1.807, 2.05) is 36.4 Å². The largest absolute Gasteiger partial charge is 0.393 e. The first-order valence-corrected chi connectivity index (χ1v) is 11.8. The Balaban J connectivity index is 1.70. The van der Waals surface area contributed by atoms with Crippen molar-refractivity contribution in [1.29, 1.82) is 0 Å². The molecule has 172 valence electrons. The topological polar surface area (TPSA) is 146 Å². The predicted molar refractivity (Wildman–Crippen MR) is 118 cm³/mol. The number of hydroxylamine groups is 1. The van der Waals surface area contributed by atoms with Gasteiger partial charge in [0.05, 0.1) is 12.3 Å². The first kappa shape index (κ1) is 23.9. The van der Waals surface area contributed by atoms with Crippen LogP contribution in [0.3, 0.4) is 0 Å². The minimum absolute atomic E-state index is 0.157. The van der Waals surface area contributed by atoms with Crippen LogP contribution in [0.15, 0.2) is 53.7 Å². The Labute approximate surface area is 186 Å². The summed E-state index contributed by atoms with van der Waals surface area (Å²) in [6.07, 6.45) is -0.444. The van der Waals surface area contributed by atoms with Crippen molar-refractivity contribution in [3.8, 4) is 11.1 Å². The van der Waals surface area contributed by atoms with Gasteiger partial charge in [-0.2, -0.15) is 0 Å². The lowest BCUT2D eigenvalue weighted by Crippen LogP contribution is -2.51. The molecule has 1 amide bonds. The Morgan fingerprint density at radius 3 is 2.19 bits per heavy atom. The van der Waals surface area contributed by atoms with Crippen LogP contribution in [0.4, 0.5) is 0 Å². The smallest absolute Gasteiger partial charge is 0.264 e. The number of nitrogens with one attached hydrogen (secondary N) is 1. The highest BCUT2D eigenvalue weighted by Gasteiger charge is 2.47. The number of nitrogens with zero attached hydrogens (tertiary/aromatic N) is 1. The molecule has 1 aliphatic heterocycles. The second-order valence-corrected chi connectivity index (χ2v) is 10.5. The van der Waals surface area contributed by atoms with Crippen LogP contribution >= 0.6 is 0 Å². The molecule has 2 aromatic rings. The lowest BCUT2D eigenvalue weighted by molar-refractivity contribution is -0.132. The van der Waals surface area contributed by atoms with E-state index < -0.39 is 32.7 Å². The standard InChI is InChI=1S/C22H26N2O7S/c1-22(21(27)23-28,32(2,29)30)12-18-11-19(24-31-18)16-7-3-14(4-8-16)15-5-9-17(10-6-15)20(26)13-25/h3-10,18,20,25-26,28H,11-13H2,1-2H3,(H,23,27)/t18-,20+,22-/m1/s1. The molecule has 0 spiro atoms. The van der Waals surface area contributed by atoms with E-state index in [0.29, 0.717) is 17.7 Å². The number of sulfone groups is 1. The van der Waals surface area contributed by atoms with Crippen LogP contribution in [0, 0.1) is 0 Å². The maximum absolute atomic E-state index is 12.1. The van der Waals surface area contributed by atoms with Crippen molar-refractivity contribution in [1.82, 2.24) is 5.48 Å². The highest BCUT2D eigenvalue weighted by Crippen LogP contribution is 2.30. The van der Waals surface area contributed by atoms with Gasteiger partial charge in [0.25, 0.3) is 5.91 Å². The third kappa shape index (κ3) is 4.83. The lowest BCUT2D eigenvalue weighted by Gasteiger charge is -2.26. The van der Waals surface area contributed by atoms with Crippen LogP contribution < -0.4 is 5.48 Å². The molecule has 3 rings (SSSR count). The molecule has 0 aromatic heterocycles. The van der Waals surface area contributed by atoms with Gasteiger partial charge < -0.3 is 15.1 Å². The number of carbonyl (C=O) groups excluding carboxylic acids is 1. The van der Waals surface area contributed by atoms with E-state index >= 15 is 0 Å². The van der Waals surface area contributed by atoms with Crippen LogP contribution in [-0.4, -0.2) is 59.2 Å². The van der Waals surface area contributed by atoms with Crippen molar-refractivity contribution < 1.29 is 33.5 Å². The fourth-order valence-corrected chi connectivity index (χ4v) is 4.40. The molecule has 10 heteroatoms. The molecule has 0 aliphatic carbocycles. The van der Waals surface area contributed by atoms with Crippen molar-refractivity contribution in [3.63, 3.8) is 0 Å². The maximum Gasteiger partial charge on any atom is 0.264 e. The highest BCUT2D eigenvalue weighted by molar-refractivity contribution is 7.92. The number of hydrogen-bond donors (Lipinski definition) is 4. The first-order chi connectivity index (χ1) is 15.1.